The quantitative estimate of drug-likeness (QED) is 0.616. The number of rotatable bonds is 7. The first-order valence-corrected chi connectivity index (χ1v) is 7.98. The predicted molar refractivity (Wildman–Crippen MR) is 83.1 cm³/mol. The van der Waals surface area contributed by atoms with Crippen LogP contribution in [0.2, 0.25) is 0 Å². The molecule has 1 aromatic rings. The molecule has 0 spiro atoms. The molecule has 0 fully saturated rings. The Morgan fingerprint density at radius 1 is 1.40 bits per heavy atom. The lowest BCUT2D eigenvalue weighted by molar-refractivity contribution is -0.430. The van der Waals surface area contributed by atoms with Gasteiger partial charge in [-0.1, -0.05) is 43.7 Å². The van der Waals surface area contributed by atoms with Crippen molar-refractivity contribution < 1.29 is 4.92 Å². The normalized spacial score (nSPS) is 18.6. The van der Waals surface area contributed by atoms with E-state index in [0.717, 1.165) is 35.5 Å². The van der Waals surface area contributed by atoms with Crippen molar-refractivity contribution in [1.29, 1.82) is 0 Å². The van der Waals surface area contributed by atoms with Gasteiger partial charge in [0.05, 0.1) is 9.83 Å². The highest BCUT2D eigenvalue weighted by Crippen LogP contribution is 2.35. The second kappa shape index (κ2) is 7.45. The van der Waals surface area contributed by atoms with Crippen molar-refractivity contribution in [3.05, 3.63) is 56.6 Å². The molecule has 20 heavy (non-hydrogen) atoms. The molecule has 1 atom stereocenters. The minimum Gasteiger partial charge on any atom is -0.300 e. The van der Waals surface area contributed by atoms with E-state index in [-0.39, 0.29) is 11.0 Å². The van der Waals surface area contributed by atoms with Gasteiger partial charge in [-0.15, -0.1) is 11.8 Å². The molecule has 0 aliphatic carbocycles. The van der Waals surface area contributed by atoms with Gasteiger partial charge in [0.15, 0.2) is 0 Å². The maximum Gasteiger partial charge on any atom is 0.273 e. The Morgan fingerprint density at radius 2 is 2.15 bits per heavy atom. The van der Waals surface area contributed by atoms with E-state index in [1.165, 1.54) is 0 Å². The summed E-state index contributed by atoms with van der Waals surface area (Å²) in [5, 5.41) is 14.6. The van der Waals surface area contributed by atoms with Gasteiger partial charge in [0, 0.05) is 12.3 Å². The first kappa shape index (κ1) is 15.1. The van der Waals surface area contributed by atoms with Crippen molar-refractivity contribution in [3.8, 4) is 0 Å². The topological polar surface area (TPSA) is 55.2 Å². The number of allylic oxidation sites excluding steroid dienone is 1. The number of nitro groups is 1. The number of nitrogens with zero attached hydrogens (tertiary/aromatic N) is 1. The third kappa shape index (κ3) is 3.84. The standard InChI is InChI=1S/C15H20N2O2S/c1-2-3-9-14-15(17(18)19)13(11-20-14)16-10-12-7-5-4-6-8-12/h4-8,13,16H,2-3,9-11H2,1H3. The number of benzene rings is 1. The molecule has 108 valence electrons. The van der Waals surface area contributed by atoms with Crippen LogP contribution in [0, 0.1) is 10.1 Å². The van der Waals surface area contributed by atoms with Gasteiger partial charge in [0.1, 0.15) is 6.04 Å². The number of hydrogen-bond acceptors (Lipinski definition) is 4. The first-order chi connectivity index (χ1) is 9.72. The Hall–Kier alpha value is -1.33. The van der Waals surface area contributed by atoms with Crippen molar-refractivity contribution in [2.45, 2.75) is 38.8 Å². The largest absolute Gasteiger partial charge is 0.300 e. The highest BCUT2D eigenvalue weighted by Gasteiger charge is 2.34. The smallest absolute Gasteiger partial charge is 0.273 e. The number of hydrogen-bond donors (Lipinski definition) is 1. The van der Waals surface area contributed by atoms with E-state index in [2.05, 4.69) is 12.2 Å². The van der Waals surface area contributed by atoms with Gasteiger partial charge >= 0.3 is 0 Å². The summed E-state index contributed by atoms with van der Waals surface area (Å²) in [5.74, 6) is 0.766. The molecule has 0 radical (unpaired) electrons. The number of unbranched alkanes of at least 4 members (excludes halogenated alkanes) is 1. The predicted octanol–water partition coefficient (Wildman–Crippen LogP) is 3.57. The maximum atomic E-state index is 11.3. The molecule has 0 aromatic heterocycles. The lowest BCUT2D eigenvalue weighted by Crippen LogP contribution is -2.33. The summed E-state index contributed by atoms with van der Waals surface area (Å²) in [5.41, 5.74) is 1.54. The van der Waals surface area contributed by atoms with Gasteiger partial charge in [-0.25, -0.2) is 0 Å². The van der Waals surface area contributed by atoms with E-state index in [1.54, 1.807) is 11.8 Å². The van der Waals surface area contributed by atoms with E-state index >= 15 is 0 Å². The van der Waals surface area contributed by atoms with Gasteiger partial charge in [-0.2, -0.15) is 0 Å². The molecule has 1 N–H and O–H groups in total. The molecule has 5 heteroatoms. The van der Waals surface area contributed by atoms with Crippen molar-refractivity contribution in [2.75, 3.05) is 5.75 Å². The molecule has 0 saturated carbocycles. The van der Waals surface area contributed by atoms with Gasteiger partial charge < -0.3 is 0 Å². The van der Waals surface area contributed by atoms with Crippen LogP contribution in [0.15, 0.2) is 40.9 Å². The molecule has 0 bridgehead atoms. The fourth-order valence-corrected chi connectivity index (χ4v) is 3.59. The molecule has 1 heterocycles. The van der Waals surface area contributed by atoms with E-state index in [1.807, 2.05) is 30.3 Å². The molecular formula is C15H20N2O2S. The van der Waals surface area contributed by atoms with Crippen molar-refractivity contribution >= 4 is 11.8 Å². The lowest BCUT2D eigenvalue weighted by atomic mass is 10.1. The van der Waals surface area contributed by atoms with Crippen LogP contribution in [0.4, 0.5) is 0 Å². The Bertz CT molecular complexity index is 488. The summed E-state index contributed by atoms with van der Waals surface area (Å²) in [6.45, 7) is 2.78. The second-order valence-corrected chi connectivity index (χ2v) is 6.01. The van der Waals surface area contributed by atoms with E-state index in [4.69, 9.17) is 0 Å². The summed E-state index contributed by atoms with van der Waals surface area (Å²) in [4.78, 5) is 12.1. The van der Waals surface area contributed by atoms with Crippen molar-refractivity contribution in [1.82, 2.24) is 5.32 Å². The molecule has 2 rings (SSSR count). The van der Waals surface area contributed by atoms with Crippen LogP contribution in [-0.4, -0.2) is 16.7 Å². The molecule has 0 saturated heterocycles. The Balaban J connectivity index is 2.00. The van der Waals surface area contributed by atoms with Gasteiger partial charge in [-0.05, 0) is 18.4 Å². The Kier molecular flexibility index (Phi) is 5.61. The number of thioether (sulfide) groups is 1. The van der Waals surface area contributed by atoms with Gasteiger partial charge in [-0.3, -0.25) is 15.4 Å². The second-order valence-electron chi connectivity index (χ2n) is 4.90. The Labute approximate surface area is 123 Å². The van der Waals surface area contributed by atoms with Crippen molar-refractivity contribution in [3.63, 3.8) is 0 Å². The third-order valence-corrected chi connectivity index (χ3v) is 4.65. The molecule has 1 aliphatic rings. The SMILES string of the molecule is CCCCC1=C([N+](=O)[O-])C(NCc2ccccc2)CS1. The zero-order chi connectivity index (χ0) is 14.4. The molecule has 4 nitrogen and oxygen atoms in total. The average Bonchev–Trinajstić information content (AvgIpc) is 2.87. The fourth-order valence-electron chi connectivity index (χ4n) is 2.29. The molecule has 1 aliphatic heterocycles. The first-order valence-electron chi connectivity index (χ1n) is 7.00. The van der Waals surface area contributed by atoms with Gasteiger partial charge in [0.25, 0.3) is 5.70 Å². The Morgan fingerprint density at radius 3 is 2.80 bits per heavy atom. The minimum atomic E-state index is -0.201. The minimum absolute atomic E-state index is 0.137. The van der Waals surface area contributed by atoms with Crippen LogP contribution < -0.4 is 5.32 Å². The van der Waals surface area contributed by atoms with E-state index < -0.39 is 0 Å². The number of nitrogens with one attached hydrogen (secondary N) is 1. The van der Waals surface area contributed by atoms with E-state index in [0.29, 0.717) is 12.2 Å². The van der Waals surface area contributed by atoms with Crippen LogP contribution in [0.25, 0.3) is 0 Å². The summed E-state index contributed by atoms with van der Waals surface area (Å²) in [6, 6.07) is 9.86. The van der Waals surface area contributed by atoms with E-state index in [9.17, 15) is 10.1 Å². The van der Waals surface area contributed by atoms with Crippen LogP contribution in [0.3, 0.4) is 0 Å². The zero-order valence-electron chi connectivity index (χ0n) is 11.7. The molecular weight excluding hydrogens is 272 g/mol. The summed E-state index contributed by atoms with van der Waals surface area (Å²) in [6.07, 6.45) is 2.92. The van der Waals surface area contributed by atoms with Crippen LogP contribution >= 0.6 is 11.8 Å². The molecule has 0 amide bonds. The summed E-state index contributed by atoms with van der Waals surface area (Å²) < 4.78 is 0. The van der Waals surface area contributed by atoms with Crippen LogP contribution in [-0.2, 0) is 6.54 Å². The highest BCUT2D eigenvalue weighted by atomic mass is 32.2. The van der Waals surface area contributed by atoms with Gasteiger partial charge in [0.2, 0.25) is 0 Å². The molecule has 1 aromatic carbocycles. The fraction of sp³-hybridized carbons (Fsp3) is 0.467. The summed E-state index contributed by atoms with van der Waals surface area (Å²) >= 11 is 1.64. The lowest BCUT2D eigenvalue weighted by Gasteiger charge is -2.10. The average molecular weight is 292 g/mol. The summed E-state index contributed by atoms with van der Waals surface area (Å²) in [7, 11) is 0. The highest BCUT2D eigenvalue weighted by molar-refractivity contribution is 8.03. The van der Waals surface area contributed by atoms with Crippen LogP contribution in [0.5, 0.6) is 0 Å². The monoisotopic (exact) mass is 292 g/mol. The third-order valence-electron chi connectivity index (χ3n) is 3.39. The van der Waals surface area contributed by atoms with Crippen LogP contribution in [0.1, 0.15) is 31.7 Å². The molecule has 1 unspecified atom stereocenters. The maximum absolute atomic E-state index is 11.3. The van der Waals surface area contributed by atoms with Crippen molar-refractivity contribution in [2.24, 2.45) is 0 Å². The zero-order valence-corrected chi connectivity index (χ0v) is 12.5.